The second-order valence-corrected chi connectivity index (χ2v) is 8.93. The number of hydrogen-bond acceptors (Lipinski definition) is 0. The van der Waals surface area contributed by atoms with Crippen molar-refractivity contribution >= 4 is 43.1 Å². The van der Waals surface area contributed by atoms with Crippen LogP contribution < -0.4 is 0 Å². The first kappa shape index (κ1) is 19.1. The van der Waals surface area contributed by atoms with Crippen LogP contribution >= 0.6 is 0 Å². The third-order valence-corrected chi connectivity index (χ3v) is 7.03. The average Bonchev–Trinajstić information content (AvgIpc) is 2.93. The van der Waals surface area contributed by atoms with E-state index >= 15 is 0 Å². The van der Waals surface area contributed by atoms with Crippen LogP contribution in [0.2, 0.25) is 0 Å². The van der Waals surface area contributed by atoms with Gasteiger partial charge in [-0.3, -0.25) is 0 Å². The molecule has 34 heavy (non-hydrogen) atoms. The molecule has 0 N–H and O–H groups in total. The maximum absolute atomic E-state index is 2.41. The standard InChI is InChI=1S/C34H22/c1-2-11-23(12-3-1)24-13-10-14-25(21-24)32-22-33-28-17-5-4-15-26(28)27-16-6-8-19-30(27)34(33)31-20-9-7-18-29(31)32/h1-22H. The van der Waals surface area contributed by atoms with E-state index in [2.05, 4.69) is 133 Å². The van der Waals surface area contributed by atoms with E-state index in [1.807, 2.05) is 0 Å². The van der Waals surface area contributed by atoms with Gasteiger partial charge in [-0.25, -0.2) is 0 Å². The lowest BCUT2D eigenvalue weighted by atomic mass is 9.87. The Hall–Kier alpha value is -4.42. The van der Waals surface area contributed by atoms with Gasteiger partial charge in [0, 0.05) is 0 Å². The molecule has 0 heteroatoms. The fourth-order valence-electron chi connectivity index (χ4n) is 5.50. The molecular weight excluding hydrogens is 408 g/mol. The summed E-state index contributed by atoms with van der Waals surface area (Å²) in [5.74, 6) is 0. The van der Waals surface area contributed by atoms with Gasteiger partial charge in [0.25, 0.3) is 0 Å². The molecular formula is C34H22. The third-order valence-electron chi connectivity index (χ3n) is 7.03. The molecule has 7 aromatic rings. The Morgan fingerprint density at radius 2 is 0.735 bits per heavy atom. The van der Waals surface area contributed by atoms with Crippen molar-refractivity contribution in [1.82, 2.24) is 0 Å². The molecule has 7 aromatic carbocycles. The Labute approximate surface area is 198 Å². The van der Waals surface area contributed by atoms with Crippen LogP contribution in [0.25, 0.3) is 65.3 Å². The maximum atomic E-state index is 2.41. The monoisotopic (exact) mass is 430 g/mol. The fourth-order valence-corrected chi connectivity index (χ4v) is 5.50. The van der Waals surface area contributed by atoms with Crippen molar-refractivity contribution in [3.63, 3.8) is 0 Å². The van der Waals surface area contributed by atoms with Crippen LogP contribution in [0.5, 0.6) is 0 Å². The molecule has 0 nitrogen and oxygen atoms in total. The molecule has 0 saturated heterocycles. The minimum Gasteiger partial charge on any atom is -0.0622 e. The molecule has 0 heterocycles. The van der Waals surface area contributed by atoms with Gasteiger partial charge in [-0.1, -0.05) is 121 Å². The normalized spacial score (nSPS) is 11.5. The number of benzene rings is 7. The van der Waals surface area contributed by atoms with Crippen molar-refractivity contribution in [2.45, 2.75) is 0 Å². The molecule has 0 fully saturated rings. The van der Waals surface area contributed by atoms with Crippen molar-refractivity contribution in [3.05, 3.63) is 133 Å². The summed E-state index contributed by atoms with van der Waals surface area (Å²) in [5.41, 5.74) is 5.01. The predicted octanol–water partition coefficient (Wildman–Crippen LogP) is 9.63. The third kappa shape index (κ3) is 2.86. The van der Waals surface area contributed by atoms with Gasteiger partial charge in [0.1, 0.15) is 0 Å². The SMILES string of the molecule is c1ccc(-c2cccc(-c3cc4c5ccccc5c5ccccc5c4c4ccccc34)c2)cc1. The Morgan fingerprint density at radius 3 is 1.44 bits per heavy atom. The molecule has 0 aliphatic carbocycles. The molecule has 0 aromatic heterocycles. The minimum atomic E-state index is 1.24. The first-order valence-corrected chi connectivity index (χ1v) is 11.8. The van der Waals surface area contributed by atoms with E-state index in [-0.39, 0.29) is 0 Å². The zero-order chi connectivity index (χ0) is 22.5. The Morgan fingerprint density at radius 1 is 0.265 bits per heavy atom. The highest BCUT2D eigenvalue weighted by Crippen LogP contribution is 2.42. The molecule has 0 bridgehead atoms. The van der Waals surface area contributed by atoms with Gasteiger partial charge >= 0.3 is 0 Å². The van der Waals surface area contributed by atoms with Crippen LogP contribution in [0.3, 0.4) is 0 Å². The Bertz CT molecular complexity index is 1840. The maximum Gasteiger partial charge on any atom is -0.00199 e. The van der Waals surface area contributed by atoms with Crippen molar-refractivity contribution in [3.8, 4) is 22.3 Å². The lowest BCUT2D eigenvalue weighted by Gasteiger charge is -2.16. The van der Waals surface area contributed by atoms with Gasteiger partial charge < -0.3 is 0 Å². The summed E-state index contributed by atoms with van der Waals surface area (Å²) in [7, 11) is 0. The van der Waals surface area contributed by atoms with Crippen molar-refractivity contribution in [2.24, 2.45) is 0 Å². The van der Waals surface area contributed by atoms with Gasteiger partial charge in [-0.2, -0.15) is 0 Å². The molecule has 0 aliphatic rings. The summed E-state index contributed by atoms with van der Waals surface area (Å²) in [6.45, 7) is 0. The average molecular weight is 431 g/mol. The highest BCUT2D eigenvalue weighted by atomic mass is 14.2. The molecule has 0 amide bonds. The summed E-state index contributed by atoms with van der Waals surface area (Å²) in [4.78, 5) is 0. The highest BCUT2D eigenvalue weighted by molar-refractivity contribution is 6.33. The molecule has 0 unspecified atom stereocenters. The largest absolute Gasteiger partial charge is 0.0622 e. The van der Waals surface area contributed by atoms with Crippen LogP contribution in [0.4, 0.5) is 0 Å². The predicted molar refractivity (Wildman–Crippen MR) is 147 cm³/mol. The first-order chi connectivity index (χ1) is 16.9. The quantitative estimate of drug-likeness (QED) is 0.239. The van der Waals surface area contributed by atoms with Crippen molar-refractivity contribution in [1.29, 1.82) is 0 Å². The van der Waals surface area contributed by atoms with Gasteiger partial charge in [0.15, 0.2) is 0 Å². The molecule has 0 saturated carbocycles. The lowest BCUT2D eigenvalue weighted by Crippen LogP contribution is -1.89. The van der Waals surface area contributed by atoms with Crippen LogP contribution in [0.1, 0.15) is 0 Å². The van der Waals surface area contributed by atoms with E-state index < -0.39 is 0 Å². The minimum absolute atomic E-state index is 1.24. The number of rotatable bonds is 2. The van der Waals surface area contributed by atoms with Gasteiger partial charge in [-0.15, -0.1) is 0 Å². The molecule has 0 spiro atoms. The van der Waals surface area contributed by atoms with E-state index in [1.165, 1.54) is 65.3 Å². The summed E-state index contributed by atoms with van der Waals surface area (Å²) in [5, 5.41) is 10.5. The van der Waals surface area contributed by atoms with E-state index in [0.717, 1.165) is 0 Å². The summed E-state index contributed by atoms with van der Waals surface area (Å²) >= 11 is 0. The molecule has 0 aliphatic heterocycles. The van der Waals surface area contributed by atoms with Crippen LogP contribution in [0, 0.1) is 0 Å². The second kappa shape index (κ2) is 7.57. The Kier molecular flexibility index (Phi) is 4.25. The Balaban J connectivity index is 1.64. The van der Waals surface area contributed by atoms with E-state index in [0.29, 0.717) is 0 Å². The summed E-state index contributed by atoms with van der Waals surface area (Å²) in [6, 6.07) is 48.5. The molecule has 7 rings (SSSR count). The first-order valence-electron chi connectivity index (χ1n) is 11.8. The van der Waals surface area contributed by atoms with Crippen molar-refractivity contribution < 1.29 is 0 Å². The number of fused-ring (bicyclic) bond motifs is 8. The van der Waals surface area contributed by atoms with E-state index in [1.54, 1.807) is 0 Å². The second-order valence-electron chi connectivity index (χ2n) is 8.93. The van der Waals surface area contributed by atoms with Crippen LogP contribution in [0.15, 0.2) is 133 Å². The zero-order valence-electron chi connectivity index (χ0n) is 18.7. The topological polar surface area (TPSA) is 0 Å². The highest BCUT2D eigenvalue weighted by Gasteiger charge is 2.15. The number of hydrogen-bond donors (Lipinski definition) is 0. The molecule has 0 atom stereocenters. The lowest BCUT2D eigenvalue weighted by molar-refractivity contribution is 1.61. The fraction of sp³-hybridized carbons (Fsp3) is 0. The van der Waals surface area contributed by atoms with Gasteiger partial charge in [0.2, 0.25) is 0 Å². The zero-order valence-corrected chi connectivity index (χ0v) is 18.7. The van der Waals surface area contributed by atoms with Crippen LogP contribution in [-0.2, 0) is 0 Å². The van der Waals surface area contributed by atoms with Crippen LogP contribution in [-0.4, -0.2) is 0 Å². The van der Waals surface area contributed by atoms with Crippen molar-refractivity contribution in [2.75, 3.05) is 0 Å². The smallest absolute Gasteiger partial charge is 0.00199 e. The summed E-state index contributed by atoms with van der Waals surface area (Å²) < 4.78 is 0. The molecule has 158 valence electrons. The summed E-state index contributed by atoms with van der Waals surface area (Å²) in [6.07, 6.45) is 0. The van der Waals surface area contributed by atoms with E-state index in [4.69, 9.17) is 0 Å². The molecule has 0 radical (unpaired) electrons. The van der Waals surface area contributed by atoms with Gasteiger partial charge in [-0.05, 0) is 77.5 Å². The van der Waals surface area contributed by atoms with E-state index in [9.17, 15) is 0 Å². The van der Waals surface area contributed by atoms with Gasteiger partial charge in [0.05, 0.1) is 0 Å².